The lowest BCUT2D eigenvalue weighted by Crippen LogP contribution is -2.39. The highest BCUT2D eigenvalue weighted by Crippen LogP contribution is 2.21. The number of carbonyl (C=O) groups excluding carboxylic acids is 1. The van der Waals surface area contributed by atoms with E-state index in [9.17, 15) is 14.3 Å². The normalized spacial score (nSPS) is 13.8. The Hall–Kier alpha value is -2.67. The van der Waals surface area contributed by atoms with Crippen LogP contribution in [-0.2, 0) is 23.9 Å². The van der Waals surface area contributed by atoms with E-state index in [1.54, 1.807) is 43.3 Å². The van der Waals surface area contributed by atoms with E-state index in [1.807, 2.05) is 0 Å². The lowest BCUT2D eigenvalue weighted by molar-refractivity contribution is -0.121. The van der Waals surface area contributed by atoms with Crippen molar-refractivity contribution in [3.8, 4) is 0 Å². The smallest absolute Gasteiger partial charge is 0.224 e. The number of nitrogens with one attached hydrogen (secondary N) is 2. The van der Waals surface area contributed by atoms with Gasteiger partial charge in [0.15, 0.2) is 0 Å². The van der Waals surface area contributed by atoms with Crippen molar-refractivity contribution in [2.75, 3.05) is 6.54 Å². The van der Waals surface area contributed by atoms with Crippen molar-refractivity contribution in [1.29, 1.82) is 0 Å². The van der Waals surface area contributed by atoms with Crippen molar-refractivity contribution >= 4 is 16.8 Å². The van der Waals surface area contributed by atoms with Crippen LogP contribution < -0.4 is 5.32 Å². The average Bonchev–Trinajstić information content (AvgIpc) is 3.12. The number of aromatic amines is 1. The van der Waals surface area contributed by atoms with Gasteiger partial charge in [-0.3, -0.25) is 9.48 Å². The number of amides is 1. The zero-order valence-electron chi connectivity index (χ0n) is 13.5. The van der Waals surface area contributed by atoms with Gasteiger partial charge in [-0.25, -0.2) is 4.39 Å². The number of halogens is 1. The van der Waals surface area contributed by atoms with Crippen LogP contribution in [0.4, 0.5) is 4.39 Å². The van der Waals surface area contributed by atoms with E-state index in [0.29, 0.717) is 11.1 Å². The molecule has 0 saturated heterocycles. The second kappa shape index (κ2) is 6.09. The molecule has 1 amide bonds. The fourth-order valence-corrected chi connectivity index (χ4v) is 2.61. The maximum absolute atomic E-state index is 13.2. The number of hydrogen-bond donors (Lipinski definition) is 3. The van der Waals surface area contributed by atoms with Crippen LogP contribution in [0.2, 0.25) is 0 Å². The van der Waals surface area contributed by atoms with Crippen LogP contribution in [0.3, 0.4) is 0 Å². The fraction of sp³-hybridized carbons (Fsp3) is 0.294. The molecule has 0 saturated carbocycles. The maximum atomic E-state index is 13.2. The Morgan fingerprint density at radius 2 is 2.29 bits per heavy atom. The Morgan fingerprint density at radius 3 is 3.00 bits per heavy atom. The van der Waals surface area contributed by atoms with Crippen molar-refractivity contribution in [2.45, 2.75) is 18.9 Å². The molecule has 0 aliphatic heterocycles. The summed E-state index contributed by atoms with van der Waals surface area (Å²) < 4.78 is 14.8. The Kier molecular flexibility index (Phi) is 4.11. The SMILES string of the molecule is Cn1cc(C(C)(O)CNC(=O)Cc2c[nH]c3cc(F)ccc23)cn1. The van der Waals surface area contributed by atoms with E-state index >= 15 is 0 Å². The summed E-state index contributed by atoms with van der Waals surface area (Å²) in [5.41, 5.74) is 0.865. The minimum absolute atomic E-state index is 0.0779. The molecule has 1 atom stereocenters. The predicted octanol–water partition coefficient (Wildman–Crippen LogP) is 1.61. The molecule has 0 fully saturated rings. The molecule has 0 aliphatic carbocycles. The van der Waals surface area contributed by atoms with Crippen molar-refractivity contribution in [1.82, 2.24) is 20.1 Å². The predicted molar refractivity (Wildman–Crippen MR) is 87.7 cm³/mol. The Balaban J connectivity index is 1.65. The average molecular weight is 330 g/mol. The van der Waals surface area contributed by atoms with Crippen LogP contribution in [0.15, 0.2) is 36.8 Å². The van der Waals surface area contributed by atoms with E-state index < -0.39 is 5.60 Å². The summed E-state index contributed by atoms with van der Waals surface area (Å²) >= 11 is 0. The Bertz CT molecular complexity index is 882. The van der Waals surface area contributed by atoms with Gasteiger partial charge in [-0.1, -0.05) is 0 Å². The number of H-pyrrole nitrogens is 1. The minimum Gasteiger partial charge on any atom is -0.383 e. The maximum Gasteiger partial charge on any atom is 0.224 e. The molecule has 7 heteroatoms. The summed E-state index contributed by atoms with van der Waals surface area (Å²) in [4.78, 5) is 15.1. The molecule has 0 radical (unpaired) electrons. The first kappa shape index (κ1) is 16.2. The number of rotatable bonds is 5. The number of aliphatic hydroxyl groups is 1. The Morgan fingerprint density at radius 1 is 1.50 bits per heavy atom. The summed E-state index contributed by atoms with van der Waals surface area (Å²) in [6.45, 7) is 1.70. The number of hydrogen-bond acceptors (Lipinski definition) is 3. The van der Waals surface area contributed by atoms with Crippen LogP contribution >= 0.6 is 0 Å². The number of aryl methyl sites for hydroxylation is 1. The highest BCUT2D eigenvalue weighted by atomic mass is 19.1. The van der Waals surface area contributed by atoms with Crippen molar-refractivity contribution in [3.05, 3.63) is 53.7 Å². The second-order valence-corrected chi connectivity index (χ2v) is 6.13. The van der Waals surface area contributed by atoms with E-state index in [0.717, 1.165) is 10.9 Å². The highest BCUT2D eigenvalue weighted by Gasteiger charge is 2.25. The molecule has 3 aromatic rings. The third-order valence-electron chi connectivity index (χ3n) is 4.04. The number of fused-ring (bicyclic) bond motifs is 1. The molecule has 126 valence electrons. The van der Waals surface area contributed by atoms with Crippen LogP contribution in [0.25, 0.3) is 10.9 Å². The first-order valence-electron chi connectivity index (χ1n) is 7.59. The molecule has 2 aromatic heterocycles. The summed E-state index contributed by atoms with van der Waals surface area (Å²) in [5.74, 6) is -0.544. The molecule has 6 nitrogen and oxygen atoms in total. The van der Waals surface area contributed by atoms with Gasteiger partial charge in [-0.15, -0.1) is 0 Å². The van der Waals surface area contributed by atoms with Gasteiger partial charge < -0.3 is 15.4 Å². The van der Waals surface area contributed by atoms with Crippen molar-refractivity contribution in [3.63, 3.8) is 0 Å². The van der Waals surface area contributed by atoms with Crippen LogP contribution in [-0.4, -0.2) is 32.3 Å². The van der Waals surface area contributed by atoms with E-state index in [4.69, 9.17) is 0 Å². The van der Waals surface area contributed by atoms with Gasteiger partial charge in [0.25, 0.3) is 0 Å². The van der Waals surface area contributed by atoms with Gasteiger partial charge >= 0.3 is 0 Å². The lowest BCUT2D eigenvalue weighted by atomic mass is 9.99. The molecule has 0 spiro atoms. The van der Waals surface area contributed by atoms with Gasteiger partial charge in [0.05, 0.1) is 19.2 Å². The van der Waals surface area contributed by atoms with Gasteiger partial charge in [-0.05, 0) is 30.7 Å². The summed E-state index contributed by atoms with van der Waals surface area (Å²) in [5, 5.41) is 18.0. The third kappa shape index (κ3) is 3.30. The third-order valence-corrected chi connectivity index (χ3v) is 4.04. The zero-order chi connectivity index (χ0) is 17.3. The molecule has 1 aromatic carbocycles. The molecule has 24 heavy (non-hydrogen) atoms. The molecule has 1 unspecified atom stereocenters. The summed E-state index contributed by atoms with van der Waals surface area (Å²) in [6, 6.07) is 4.41. The summed E-state index contributed by atoms with van der Waals surface area (Å²) in [6.07, 6.45) is 5.12. The van der Waals surface area contributed by atoms with Crippen LogP contribution in [0, 0.1) is 5.82 Å². The number of aromatic nitrogens is 3. The lowest BCUT2D eigenvalue weighted by Gasteiger charge is -2.22. The van der Waals surface area contributed by atoms with Gasteiger partial charge in [0.2, 0.25) is 5.91 Å². The van der Waals surface area contributed by atoms with Gasteiger partial charge in [0, 0.05) is 35.9 Å². The van der Waals surface area contributed by atoms with Crippen molar-refractivity contribution in [2.24, 2.45) is 7.05 Å². The first-order chi connectivity index (χ1) is 11.3. The second-order valence-electron chi connectivity index (χ2n) is 6.13. The van der Waals surface area contributed by atoms with Gasteiger partial charge in [-0.2, -0.15) is 5.10 Å². The summed E-state index contributed by atoms with van der Waals surface area (Å²) in [7, 11) is 1.76. The molecular formula is C17H19FN4O2. The monoisotopic (exact) mass is 330 g/mol. The van der Waals surface area contributed by atoms with Crippen LogP contribution in [0.1, 0.15) is 18.1 Å². The first-order valence-corrected chi connectivity index (χ1v) is 7.59. The molecular weight excluding hydrogens is 311 g/mol. The van der Waals surface area contributed by atoms with E-state index in [1.165, 1.54) is 12.1 Å². The van der Waals surface area contributed by atoms with Gasteiger partial charge in [0.1, 0.15) is 11.4 Å². The largest absolute Gasteiger partial charge is 0.383 e. The molecule has 3 rings (SSSR count). The van der Waals surface area contributed by atoms with E-state index in [-0.39, 0.29) is 24.7 Å². The van der Waals surface area contributed by atoms with E-state index in [2.05, 4.69) is 15.4 Å². The van der Waals surface area contributed by atoms with Crippen LogP contribution in [0.5, 0.6) is 0 Å². The highest BCUT2D eigenvalue weighted by molar-refractivity contribution is 5.88. The molecule has 3 N–H and O–H groups in total. The number of nitrogens with zero attached hydrogens (tertiary/aromatic N) is 2. The molecule has 2 heterocycles. The molecule has 0 bridgehead atoms. The number of benzene rings is 1. The fourth-order valence-electron chi connectivity index (χ4n) is 2.61. The zero-order valence-corrected chi connectivity index (χ0v) is 13.5. The minimum atomic E-state index is -1.20. The van der Waals surface area contributed by atoms with Crippen molar-refractivity contribution < 1.29 is 14.3 Å². The topological polar surface area (TPSA) is 82.9 Å². The quantitative estimate of drug-likeness (QED) is 0.664. The Labute approximate surface area is 138 Å². The number of carbonyl (C=O) groups is 1. The standard InChI is InChI=1S/C17H19FN4O2/c1-17(24,12-8-21-22(2)9-12)10-20-16(23)5-11-7-19-15-6-13(18)3-4-14(11)15/h3-4,6-9,19,24H,5,10H2,1-2H3,(H,20,23). The molecule has 0 aliphatic rings.